The Bertz CT molecular complexity index is 372. The minimum absolute atomic E-state index is 0.0855. The molecule has 0 spiro atoms. The highest BCUT2D eigenvalue weighted by molar-refractivity contribution is 6.31. The molecule has 1 aromatic rings. The number of aromatic nitrogens is 1. The van der Waals surface area contributed by atoms with Crippen molar-refractivity contribution in [2.45, 2.75) is 37.7 Å². The average molecular weight is 274 g/mol. The zero-order valence-electron chi connectivity index (χ0n) is 9.90. The topological polar surface area (TPSA) is 22.1 Å². The summed E-state index contributed by atoms with van der Waals surface area (Å²) in [6, 6.07) is 1.94. The molecule has 3 unspecified atom stereocenters. The molecule has 2 nitrogen and oxygen atoms in total. The Kier molecular flexibility index (Phi) is 4.66. The standard InChI is InChI=1S/C13H17Cl2NO/c1-2-13-10(4-6-17-13)11(14)7-9-3-5-16-8-12(9)15/h3,5,8,10-11,13H,2,4,6-7H2,1H3. The van der Waals surface area contributed by atoms with E-state index in [4.69, 9.17) is 27.9 Å². The molecule has 3 atom stereocenters. The lowest BCUT2D eigenvalue weighted by Crippen LogP contribution is -2.25. The summed E-state index contributed by atoms with van der Waals surface area (Å²) in [4.78, 5) is 3.98. The van der Waals surface area contributed by atoms with Gasteiger partial charge >= 0.3 is 0 Å². The predicted octanol–water partition coefficient (Wildman–Crippen LogP) is 3.70. The third-order valence-corrected chi connectivity index (χ3v) is 4.22. The smallest absolute Gasteiger partial charge is 0.0621 e. The van der Waals surface area contributed by atoms with E-state index in [-0.39, 0.29) is 5.38 Å². The van der Waals surface area contributed by atoms with E-state index < -0.39 is 0 Å². The van der Waals surface area contributed by atoms with Crippen molar-refractivity contribution in [2.75, 3.05) is 6.61 Å². The quantitative estimate of drug-likeness (QED) is 0.781. The van der Waals surface area contributed by atoms with Crippen LogP contribution in [0.2, 0.25) is 5.02 Å². The molecular weight excluding hydrogens is 257 g/mol. The Balaban J connectivity index is 2.01. The minimum atomic E-state index is 0.0855. The molecule has 1 aliphatic heterocycles. The van der Waals surface area contributed by atoms with Gasteiger partial charge in [-0.2, -0.15) is 0 Å². The van der Waals surface area contributed by atoms with E-state index in [1.165, 1.54) is 0 Å². The van der Waals surface area contributed by atoms with E-state index >= 15 is 0 Å². The maximum Gasteiger partial charge on any atom is 0.0621 e. The Morgan fingerprint density at radius 1 is 1.59 bits per heavy atom. The van der Waals surface area contributed by atoms with Crippen molar-refractivity contribution in [2.24, 2.45) is 5.92 Å². The number of halogens is 2. The highest BCUT2D eigenvalue weighted by atomic mass is 35.5. The Hall–Kier alpha value is -0.310. The number of hydrogen-bond acceptors (Lipinski definition) is 2. The monoisotopic (exact) mass is 273 g/mol. The van der Waals surface area contributed by atoms with Gasteiger partial charge in [0.05, 0.1) is 11.1 Å². The second kappa shape index (κ2) is 6.03. The molecule has 4 heteroatoms. The largest absolute Gasteiger partial charge is 0.378 e. The van der Waals surface area contributed by atoms with Crippen molar-refractivity contribution in [1.82, 2.24) is 4.98 Å². The second-order valence-electron chi connectivity index (χ2n) is 4.46. The van der Waals surface area contributed by atoms with Crippen LogP contribution in [0.5, 0.6) is 0 Å². The Morgan fingerprint density at radius 2 is 2.41 bits per heavy atom. The lowest BCUT2D eigenvalue weighted by Gasteiger charge is -2.22. The van der Waals surface area contributed by atoms with Crippen molar-refractivity contribution in [3.05, 3.63) is 29.0 Å². The first-order chi connectivity index (χ1) is 8.22. The summed E-state index contributed by atoms with van der Waals surface area (Å²) in [5.41, 5.74) is 1.07. The summed E-state index contributed by atoms with van der Waals surface area (Å²) >= 11 is 12.6. The molecule has 0 N–H and O–H groups in total. The molecule has 2 rings (SSSR count). The van der Waals surface area contributed by atoms with Crippen LogP contribution in [0.1, 0.15) is 25.3 Å². The van der Waals surface area contributed by atoms with Crippen LogP contribution in [0.3, 0.4) is 0 Å². The van der Waals surface area contributed by atoms with E-state index in [1.54, 1.807) is 12.4 Å². The molecule has 1 saturated heterocycles. The van der Waals surface area contributed by atoms with Crippen molar-refractivity contribution < 1.29 is 4.74 Å². The van der Waals surface area contributed by atoms with Gasteiger partial charge in [0.15, 0.2) is 0 Å². The molecule has 1 fully saturated rings. The van der Waals surface area contributed by atoms with Crippen LogP contribution in [0.25, 0.3) is 0 Å². The number of alkyl halides is 1. The van der Waals surface area contributed by atoms with E-state index in [1.807, 2.05) is 6.07 Å². The third kappa shape index (κ3) is 3.12. The molecule has 1 aromatic heterocycles. The molecule has 0 bridgehead atoms. The number of pyridine rings is 1. The summed E-state index contributed by atoms with van der Waals surface area (Å²) in [7, 11) is 0. The molecule has 1 aliphatic rings. The average Bonchev–Trinajstić information content (AvgIpc) is 2.80. The zero-order chi connectivity index (χ0) is 12.3. The van der Waals surface area contributed by atoms with Crippen LogP contribution in [0.15, 0.2) is 18.5 Å². The summed E-state index contributed by atoms with van der Waals surface area (Å²) in [5.74, 6) is 0.436. The van der Waals surface area contributed by atoms with Gasteiger partial charge in [-0.3, -0.25) is 4.98 Å². The normalized spacial score (nSPS) is 26.1. The van der Waals surface area contributed by atoms with Gasteiger partial charge in [-0.1, -0.05) is 18.5 Å². The van der Waals surface area contributed by atoms with Gasteiger partial charge in [-0.05, 0) is 30.9 Å². The molecular formula is C13H17Cl2NO. The van der Waals surface area contributed by atoms with Crippen LogP contribution in [-0.4, -0.2) is 23.1 Å². The highest BCUT2D eigenvalue weighted by Crippen LogP contribution is 2.32. The van der Waals surface area contributed by atoms with Gasteiger partial charge in [0, 0.05) is 30.3 Å². The van der Waals surface area contributed by atoms with Crippen LogP contribution in [-0.2, 0) is 11.2 Å². The van der Waals surface area contributed by atoms with Crippen molar-refractivity contribution in [3.8, 4) is 0 Å². The Morgan fingerprint density at radius 3 is 3.12 bits per heavy atom. The molecule has 0 amide bonds. The molecule has 0 aromatic carbocycles. The fraction of sp³-hybridized carbons (Fsp3) is 0.615. The molecule has 2 heterocycles. The first kappa shape index (κ1) is 13.1. The van der Waals surface area contributed by atoms with Crippen LogP contribution >= 0.6 is 23.2 Å². The van der Waals surface area contributed by atoms with Gasteiger partial charge in [0.25, 0.3) is 0 Å². The molecule has 0 aliphatic carbocycles. The van der Waals surface area contributed by atoms with Gasteiger partial charge in [-0.15, -0.1) is 11.6 Å². The van der Waals surface area contributed by atoms with E-state index in [2.05, 4.69) is 11.9 Å². The van der Waals surface area contributed by atoms with Crippen molar-refractivity contribution in [3.63, 3.8) is 0 Å². The van der Waals surface area contributed by atoms with E-state index in [9.17, 15) is 0 Å². The van der Waals surface area contributed by atoms with Crippen LogP contribution < -0.4 is 0 Å². The number of hydrogen-bond donors (Lipinski definition) is 0. The number of nitrogens with zero attached hydrogens (tertiary/aromatic N) is 1. The summed E-state index contributed by atoms with van der Waals surface area (Å²) in [6.07, 6.45) is 6.59. The molecule has 0 saturated carbocycles. The van der Waals surface area contributed by atoms with E-state index in [0.29, 0.717) is 17.0 Å². The maximum atomic E-state index is 6.51. The highest BCUT2D eigenvalue weighted by Gasteiger charge is 2.32. The lowest BCUT2D eigenvalue weighted by atomic mass is 9.92. The summed E-state index contributed by atoms with van der Waals surface area (Å²) in [5, 5.41) is 0.785. The fourth-order valence-electron chi connectivity index (χ4n) is 2.43. The molecule has 0 radical (unpaired) electrons. The number of ether oxygens (including phenoxy) is 1. The predicted molar refractivity (Wildman–Crippen MR) is 70.7 cm³/mol. The lowest BCUT2D eigenvalue weighted by molar-refractivity contribution is 0.0865. The minimum Gasteiger partial charge on any atom is -0.378 e. The van der Waals surface area contributed by atoms with Gasteiger partial charge in [0.1, 0.15) is 0 Å². The Labute approximate surface area is 112 Å². The SMILES string of the molecule is CCC1OCCC1C(Cl)Cc1ccncc1Cl. The van der Waals surface area contributed by atoms with Gasteiger partial charge in [0.2, 0.25) is 0 Å². The summed E-state index contributed by atoms with van der Waals surface area (Å²) in [6.45, 7) is 2.97. The zero-order valence-corrected chi connectivity index (χ0v) is 11.4. The van der Waals surface area contributed by atoms with Crippen LogP contribution in [0, 0.1) is 5.92 Å². The fourth-order valence-corrected chi connectivity index (χ4v) is 3.08. The second-order valence-corrected chi connectivity index (χ2v) is 5.43. The first-order valence-corrected chi connectivity index (χ1v) is 6.88. The molecule has 94 valence electrons. The third-order valence-electron chi connectivity index (χ3n) is 3.40. The molecule has 17 heavy (non-hydrogen) atoms. The van der Waals surface area contributed by atoms with Gasteiger partial charge in [-0.25, -0.2) is 0 Å². The van der Waals surface area contributed by atoms with Crippen LogP contribution in [0.4, 0.5) is 0 Å². The van der Waals surface area contributed by atoms with Crippen molar-refractivity contribution >= 4 is 23.2 Å². The van der Waals surface area contributed by atoms with Crippen molar-refractivity contribution in [1.29, 1.82) is 0 Å². The van der Waals surface area contributed by atoms with Gasteiger partial charge < -0.3 is 4.74 Å². The maximum absolute atomic E-state index is 6.51. The van der Waals surface area contributed by atoms with E-state index in [0.717, 1.165) is 31.4 Å². The first-order valence-electron chi connectivity index (χ1n) is 6.06. The number of rotatable bonds is 4. The summed E-state index contributed by atoms with van der Waals surface area (Å²) < 4.78 is 5.67.